The molecule has 0 spiro atoms. The summed E-state index contributed by atoms with van der Waals surface area (Å²) in [6.07, 6.45) is 0.0753. The van der Waals surface area contributed by atoms with Crippen molar-refractivity contribution in [3.63, 3.8) is 0 Å². The van der Waals surface area contributed by atoms with E-state index in [9.17, 15) is 9.90 Å². The molecule has 1 unspecified atom stereocenters. The number of hydrogen-bond acceptors (Lipinski definition) is 4. The maximum absolute atomic E-state index is 12.0. The van der Waals surface area contributed by atoms with Gasteiger partial charge in [0.05, 0.1) is 17.5 Å². The van der Waals surface area contributed by atoms with Gasteiger partial charge in [-0.25, -0.2) is 4.68 Å². The molecular formula is C15H20N4O2. The number of aliphatic hydroxyl groups is 1. The molecule has 1 heterocycles. The summed E-state index contributed by atoms with van der Waals surface area (Å²) in [5.74, 6) is -0.272. The van der Waals surface area contributed by atoms with Gasteiger partial charge in [0.25, 0.3) is 5.91 Å². The number of hydrogen-bond donors (Lipinski definition) is 2. The van der Waals surface area contributed by atoms with Gasteiger partial charge in [-0.05, 0) is 39.3 Å². The van der Waals surface area contributed by atoms with Crippen molar-refractivity contribution in [3.05, 3.63) is 41.2 Å². The fourth-order valence-electron chi connectivity index (χ4n) is 1.95. The van der Waals surface area contributed by atoms with Crippen molar-refractivity contribution >= 4 is 5.91 Å². The number of rotatable bonds is 5. The van der Waals surface area contributed by atoms with Crippen LogP contribution in [0.2, 0.25) is 0 Å². The fourth-order valence-corrected chi connectivity index (χ4v) is 1.95. The van der Waals surface area contributed by atoms with Gasteiger partial charge >= 0.3 is 0 Å². The first-order chi connectivity index (χ1) is 9.99. The van der Waals surface area contributed by atoms with E-state index in [1.54, 1.807) is 11.6 Å². The maximum atomic E-state index is 12.0. The number of nitrogens with zero attached hydrogens (tertiary/aromatic N) is 3. The Morgan fingerprint density at radius 3 is 2.62 bits per heavy atom. The third kappa shape index (κ3) is 3.66. The highest BCUT2D eigenvalue weighted by Crippen LogP contribution is 2.13. The molecule has 2 aromatic rings. The molecular weight excluding hydrogens is 268 g/mol. The lowest BCUT2D eigenvalue weighted by molar-refractivity contribution is 0.0940. The van der Waals surface area contributed by atoms with Crippen LogP contribution < -0.4 is 5.32 Å². The second kappa shape index (κ2) is 6.49. The first kappa shape index (κ1) is 15.2. The Morgan fingerprint density at radius 1 is 1.33 bits per heavy atom. The predicted octanol–water partition coefficient (Wildman–Crippen LogP) is 1.38. The first-order valence-corrected chi connectivity index (χ1v) is 6.94. The minimum Gasteiger partial charge on any atom is -0.393 e. The van der Waals surface area contributed by atoms with Crippen molar-refractivity contribution in [2.75, 3.05) is 6.54 Å². The number of aliphatic hydroxyl groups excluding tert-OH is 1. The molecule has 6 heteroatoms. The van der Waals surface area contributed by atoms with Crippen LogP contribution in [0.15, 0.2) is 24.3 Å². The van der Waals surface area contributed by atoms with Gasteiger partial charge in [-0.15, -0.1) is 5.10 Å². The van der Waals surface area contributed by atoms with Crippen LogP contribution in [-0.2, 0) is 0 Å². The highest BCUT2D eigenvalue weighted by atomic mass is 16.3. The van der Waals surface area contributed by atoms with E-state index in [-0.39, 0.29) is 5.91 Å². The smallest absolute Gasteiger partial charge is 0.273 e. The van der Waals surface area contributed by atoms with E-state index in [1.165, 1.54) is 0 Å². The summed E-state index contributed by atoms with van der Waals surface area (Å²) in [7, 11) is 0. The SMILES string of the molecule is Cc1ccc(-n2nnc(C(=O)NCCC(C)O)c2C)cc1. The number of aromatic nitrogens is 3. The van der Waals surface area contributed by atoms with Crippen LogP contribution in [-0.4, -0.2) is 38.7 Å². The Balaban J connectivity index is 2.13. The number of aryl methyl sites for hydroxylation is 1. The summed E-state index contributed by atoms with van der Waals surface area (Å²) in [5.41, 5.74) is 3.02. The van der Waals surface area contributed by atoms with Crippen molar-refractivity contribution in [2.45, 2.75) is 33.3 Å². The molecule has 0 fully saturated rings. The molecule has 0 saturated carbocycles. The van der Waals surface area contributed by atoms with Crippen molar-refractivity contribution in [1.29, 1.82) is 0 Å². The van der Waals surface area contributed by atoms with E-state index in [2.05, 4.69) is 15.6 Å². The highest BCUT2D eigenvalue weighted by molar-refractivity contribution is 5.93. The third-order valence-electron chi connectivity index (χ3n) is 3.24. The molecule has 0 aliphatic carbocycles. The zero-order valence-corrected chi connectivity index (χ0v) is 12.5. The molecule has 2 N–H and O–H groups in total. The van der Waals surface area contributed by atoms with Gasteiger partial charge in [0.2, 0.25) is 0 Å². The van der Waals surface area contributed by atoms with Gasteiger partial charge in [-0.3, -0.25) is 4.79 Å². The Kier molecular flexibility index (Phi) is 4.70. The van der Waals surface area contributed by atoms with Crippen molar-refractivity contribution in [3.8, 4) is 5.69 Å². The van der Waals surface area contributed by atoms with Gasteiger partial charge in [0.1, 0.15) is 0 Å². The number of carbonyl (C=O) groups is 1. The quantitative estimate of drug-likeness (QED) is 0.871. The molecule has 0 bridgehead atoms. The Hall–Kier alpha value is -2.21. The fraction of sp³-hybridized carbons (Fsp3) is 0.400. The Bertz CT molecular complexity index is 617. The maximum Gasteiger partial charge on any atom is 0.273 e. The van der Waals surface area contributed by atoms with E-state index < -0.39 is 6.10 Å². The summed E-state index contributed by atoms with van der Waals surface area (Å²) in [6.45, 7) is 5.92. The molecule has 0 aliphatic heterocycles. The van der Waals surface area contributed by atoms with Crippen molar-refractivity contribution in [2.24, 2.45) is 0 Å². The van der Waals surface area contributed by atoms with Gasteiger partial charge in [-0.2, -0.15) is 0 Å². The zero-order chi connectivity index (χ0) is 15.4. The summed E-state index contributed by atoms with van der Waals surface area (Å²) in [5, 5.41) is 19.9. The molecule has 1 aromatic heterocycles. The van der Waals surface area contributed by atoms with Gasteiger partial charge < -0.3 is 10.4 Å². The number of carbonyl (C=O) groups excluding carboxylic acids is 1. The zero-order valence-electron chi connectivity index (χ0n) is 12.5. The highest BCUT2D eigenvalue weighted by Gasteiger charge is 2.16. The van der Waals surface area contributed by atoms with Crippen LogP contribution in [0.25, 0.3) is 5.69 Å². The number of amides is 1. The Morgan fingerprint density at radius 2 is 2.00 bits per heavy atom. The molecule has 6 nitrogen and oxygen atoms in total. The first-order valence-electron chi connectivity index (χ1n) is 6.94. The standard InChI is InChI=1S/C15H20N4O2/c1-10-4-6-13(7-5-10)19-12(3)14(17-18-19)15(21)16-9-8-11(2)20/h4-7,11,20H,8-9H2,1-3H3,(H,16,21). The largest absolute Gasteiger partial charge is 0.393 e. The lowest BCUT2D eigenvalue weighted by Crippen LogP contribution is -2.27. The number of benzene rings is 1. The van der Waals surface area contributed by atoms with Crippen LogP contribution >= 0.6 is 0 Å². The lowest BCUT2D eigenvalue weighted by Gasteiger charge is -2.06. The van der Waals surface area contributed by atoms with Crippen LogP contribution in [0.1, 0.15) is 35.1 Å². The van der Waals surface area contributed by atoms with Crippen molar-refractivity contribution in [1.82, 2.24) is 20.3 Å². The monoisotopic (exact) mass is 288 g/mol. The van der Waals surface area contributed by atoms with Gasteiger partial charge in [-0.1, -0.05) is 22.9 Å². The number of nitrogens with one attached hydrogen (secondary N) is 1. The third-order valence-corrected chi connectivity index (χ3v) is 3.24. The van der Waals surface area contributed by atoms with Crippen LogP contribution in [0, 0.1) is 13.8 Å². The van der Waals surface area contributed by atoms with Crippen LogP contribution in [0.5, 0.6) is 0 Å². The topological polar surface area (TPSA) is 80.0 Å². The summed E-state index contributed by atoms with van der Waals surface area (Å²) < 4.78 is 1.64. The lowest BCUT2D eigenvalue weighted by atomic mass is 10.2. The second-order valence-corrected chi connectivity index (χ2v) is 5.16. The van der Waals surface area contributed by atoms with Crippen LogP contribution in [0.4, 0.5) is 0 Å². The molecule has 1 amide bonds. The molecule has 0 radical (unpaired) electrons. The molecule has 21 heavy (non-hydrogen) atoms. The minimum absolute atomic E-state index is 0.272. The van der Waals surface area contributed by atoms with Gasteiger partial charge in [0, 0.05) is 6.54 Å². The Labute approximate surface area is 123 Å². The summed E-state index contributed by atoms with van der Waals surface area (Å²) in [4.78, 5) is 12.0. The van der Waals surface area contributed by atoms with E-state index in [1.807, 2.05) is 38.1 Å². The molecule has 0 aliphatic rings. The average Bonchev–Trinajstić information content (AvgIpc) is 2.81. The van der Waals surface area contributed by atoms with E-state index >= 15 is 0 Å². The van der Waals surface area contributed by atoms with E-state index in [4.69, 9.17) is 0 Å². The van der Waals surface area contributed by atoms with Crippen molar-refractivity contribution < 1.29 is 9.90 Å². The molecule has 0 saturated heterocycles. The summed E-state index contributed by atoms with van der Waals surface area (Å²) >= 11 is 0. The average molecular weight is 288 g/mol. The second-order valence-electron chi connectivity index (χ2n) is 5.16. The normalized spacial score (nSPS) is 12.2. The molecule has 1 atom stereocenters. The molecule has 1 aromatic carbocycles. The molecule has 2 rings (SSSR count). The van der Waals surface area contributed by atoms with Gasteiger partial charge in [0.15, 0.2) is 5.69 Å². The predicted molar refractivity (Wildman–Crippen MR) is 79.5 cm³/mol. The minimum atomic E-state index is -0.436. The summed E-state index contributed by atoms with van der Waals surface area (Å²) in [6, 6.07) is 7.84. The van der Waals surface area contributed by atoms with E-state index in [0.717, 1.165) is 11.3 Å². The molecule has 112 valence electrons. The van der Waals surface area contributed by atoms with Crippen LogP contribution in [0.3, 0.4) is 0 Å². The van der Waals surface area contributed by atoms with E-state index in [0.29, 0.717) is 24.4 Å².